The number of rotatable bonds is 4. The highest BCUT2D eigenvalue weighted by Crippen LogP contribution is 2.23. The van der Waals surface area contributed by atoms with Crippen LogP contribution in [-0.4, -0.2) is 16.1 Å². The van der Waals surface area contributed by atoms with E-state index in [9.17, 15) is 13.6 Å². The Kier molecular flexibility index (Phi) is 3.89. The van der Waals surface area contributed by atoms with Crippen LogP contribution in [0.4, 0.5) is 8.78 Å². The average molecular weight is 230 g/mol. The zero-order valence-electron chi connectivity index (χ0n) is 8.70. The van der Waals surface area contributed by atoms with E-state index in [-0.39, 0.29) is 12.1 Å². The van der Waals surface area contributed by atoms with Gasteiger partial charge in [-0.1, -0.05) is 6.07 Å². The third-order valence-electron chi connectivity index (χ3n) is 2.20. The lowest BCUT2D eigenvalue weighted by molar-refractivity contribution is -0.136. The van der Waals surface area contributed by atoms with E-state index >= 15 is 0 Å². The van der Waals surface area contributed by atoms with Crippen molar-refractivity contribution in [2.24, 2.45) is 5.73 Å². The van der Waals surface area contributed by atoms with Crippen LogP contribution in [-0.2, 0) is 17.8 Å². The van der Waals surface area contributed by atoms with Gasteiger partial charge in [0, 0.05) is 12.2 Å². The first-order chi connectivity index (χ1) is 7.45. The van der Waals surface area contributed by atoms with Crippen molar-refractivity contribution in [3.05, 3.63) is 28.6 Å². The lowest BCUT2D eigenvalue weighted by atomic mass is 10.1. The normalized spacial score (nSPS) is 10.8. The molecule has 0 unspecified atom stereocenters. The van der Waals surface area contributed by atoms with Gasteiger partial charge in [0.15, 0.2) is 0 Å². The smallest absolute Gasteiger partial charge is 0.307 e. The van der Waals surface area contributed by atoms with Gasteiger partial charge in [-0.2, -0.15) is 0 Å². The molecule has 0 aromatic carbocycles. The minimum atomic E-state index is -2.78. The number of hydrogen-bond donors (Lipinski definition) is 2. The summed E-state index contributed by atoms with van der Waals surface area (Å²) in [7, 11) is 0. The number of halogens is 2. The number of aliphatic carboxylic acids is 1. The van der Waals surface area contributed by atoms with E-state index in [1.54, 1.807) is 6.92 Å². The van der Waals surface area contributed by atoms with Gasteiger partial charge >= 0.3 is 5.97 Å². The summed E-state index contributed by atoms with van der Waals surface area (Å²) in [6, 6.07) is 1.39. The van der Waals surface area contributed by atoms with Gasteiger partial charge < -0.3 is 10.8 Å². The molecule has 0 amide bonds. The molecule has 0 atom stereocenters. The molecule has 1 rings (SSSR count). The quantitative estimate of drug-likeness (QED) is 0.820. The number of carboxylic acids is 1. The minimum absolute atomic E-state index is 0.0218. The molecule has 0 radical (unpaired) electrons. The predicted octanol–water partition coefficient (Wildman–Crippen LogP) is 1.41. The van der Waals surface area contributed by atoms with Gasteiger partial charge in [0.25, 0.3) is 6.43 Å². The number of nitrogens with zero attached hydrogens (tertiary/aromatic N) is 1. The highest BCUT2D eigenvalue weighted by Gasteiger charge is 2.18. The molecule has 0 aliphatic carbocycles. The molecule has 0 saturated carbocycles. The van der Waals surface area contributed by atoms with Crippen LogP contribution in [0.3, 0.4) is 0 Å². The van der Waals surface area contributed by atoms with Gasteiger partial charge in [0.1, 0.15) is 5.69 Å². The molecule has 0 saturated heterocycles. The van der Waals surface area contributed by atoms with Crippen molar-refractivity contribution >= 4 is 5.97 Å². The molecule has 16 heavy (non-hydrogen) atoms. The predicted molar refractivity (Wildman–Crippen MR) is 53.2 cm³/mol. The topological polar surface area (TPSA) is 76.2 Å². The van der Waals surface area contributed by atoms with Gasteiger partial charge in [-0.3, -0.25) is 9.78 Å². The molecule has 0 spiro atoms. The second kappa shape index (κ2) is 4.98. The maximum Gasteiger partial charge on any atom is 0.307 e. The number of alkyl halides is 2. The van der Waals surface area contributed by atoms with Crippen LogP contribution in [0.5, 0.6) is 0 Å². The first kappa shape index (κ1) is 12.5. The van der Waals surface area contributed by atoms with E-state index in [0.29, 0.717) is 11.3 Å². The van der Waals surface area contributed by atoms with Crippen LogP contribution < -0.4 is 5.73 Å². The van der Waals surface area contributed by atoms with Crippen LogP contribution in [0.1, 0.15) is 28.9 Å². The SMILES string of the molecule is Cc1nc(C(F)F)c(CC(=O)O)cc1CN. The zero-order chi connectivity index (χ0) is 12.3. The van der Waals surface area contributed by atoms with Gasteiger partial charge in [0.2, 0.25) is 0 Å². The number of aromatic nitrogens is 1. The third-order valence-corrected chi connectivity index (χ3v) is 2.20. The molecule has 1 aromatic heterocycles. The Balaban J connectivity index is 3.24. The van der Waals surface area contributed by atoms with Crippen molar-refractivity contribution in [1.82, 2.24) is 4.98 Å². The van der Waals surface area contributed by atoms with Crippen molar-refractivity contribution in [3.8, 4) is 0 Å². The number of carboxylic acid groups (broad SMARTS) is 1. The minimum Gasteiger partial charge on any atom is -0.481 e. The van der Waals surface area contributed by atoms with Gasteiger partial charge in [0.05, 0.1) is 6.42 Å². The van der Waals surface area contributed by atoms with E-state index in [2.05, 4.69) is 4.98 Å². The average Bonchev–Trinajstić information content (AvgIpc) is 2.19. The van der Waals surface area contributed by atoms with E-state index in [4.69, 9.17) is 10.8 Å². The summed E-state index contributed by atoms with van der Waals surface area (Å²) in [4.78, 5) is 14.2. The fourth-order valence-electron chi connectivity index (χ4n) is 1.41. The Morgan fingerprint density at radius 1 is 1.56 bits per heavy atom. The van der Waals surface area contributed by atoms with Crippen molar-refractivity contribution in [2.45, 2.75) is 26.3 Å². The molecule has 4 nitrogen and oxygen atoms in total. The second-order valence-corrected chi connectivity index (χ2v) is 3.35. The first-order valence-electron chi connectivity index (χ1n) is 4.65. The molecule has 0 bridgehead atoms. The summed E-state index contributed by atoms with van der Waals surface area (Å²) in [5.41, 5.74) is 5.94. The fraction of sp³-hybridized carbons (Fsp3) is 0.400. The molecule has 3 N–H and O–H groups in total. The molecular formula is C10H12F2N2O2. The number of carbonyl (C=O) groups is 1. The lowest BCUT2D eigenvalue weighted by Crippen LogP contribution is -2.10. The van der Waals surface area contributed by atoms with Crippen molar-refractivity contribution in [1.29, 1.82) is 0 Å². The summed E-state index contributed by atoms with van der Waals surface area (Å²) in [6.07, 6.45) is -3.25. The van der Waals surface area contributed by atoms with Crippen molar-refractivity contribution in [3.63, 3.8) is 0 Å². The summed E-state index contributed by atoms with van der Waals surface area (Å²) < 4.78 is 25.2. The molecule has 6 heteroatoms. The molecule has 1 heterocycles. The van der Waals surface area contributed by atoms with E-state index < -0.39 is 24.5 Å². The number of pyridine rings is 1. The highest BCUT2D eigenvalue weighted by molar-refractivity contribution is 5.70. The maximum atomic E-state index is 12.6. The van der Waals surface area contributed by atoms with E-state index in [1.165, 1.54) is 6.07 Å². The third kappa shape index (κ3) is 2.73. The van der Waals surface area contributed by atoms with Crippen LogP contribution >= 0.6 is 0 Å². The van der Waals surface area contributed by atoms with Crippen LogP contribution in [0.25, 0.3) is 0 Å². The van der Waals surface area contributed by atoms with Crippen LogP contribution in [0.2, 0.25) is 0 Å². The van der Waals surface area contributed by atoms with Crippen LogP contribution in [0, 0.1) is 6.92 Å². The molecule has 0 aliphatic heterocycles. The second-order valence-electron chi connectivity index (χ2n) is 3.35. The Bertz CT molecular complexity index is 408. The molecule has 1 aromatic rings. The highest BCUT2D eigenvalue weighted by atomic mass is 19.3. The molecule has 88 valence electrons. The van der Waals surface area contributed by atoms with Gasteiger partial charge in [-0.05, 0) is 18.1 Å². The Hall–Kier alpha value is -1.56. The molecular weight excluding hydrogens is 218 g/mol. The van der Waals surface area contributed by atoms with E-state index in [0.717, 1.165) is 0 Å². The number of hydrogen-bond acceptors (Lipinski definition) is 3. The summed E-state index contributed by atoms with van der Waals surface area (Å²) >= 11 is 0. The van der Waals surface area contributed by atoms with Crippen molar-refractivity contribution in [2.75, 3.05) is 0 Å². The standard InChI is InChI=1S/C10H12F2N2O2/c1-5-7(4-13)2-6(3-8(15)16)9(14-5)10(11)12/h2,10H,3-4,13H2,1H3,(H,15,16). The van der Waals surface area contributed by atoms with E-state index in [1.807, 2.05) is 0 Å². The van der Waals surface area contributed by atoms with Crippen molar-refractivity contribution < 1.29 is 18.7 Å². The summed E-state index contributed by atoms with van der Waals surface area (Å²) in [6.45, 7) is 1.72. The fourth-order valence-corrected chi connectivity index (χ4v) is 1.41. The molecule has 0 fully saturated rings. The summed E-state index contributed by atoms with van der Waals surface area (Å²) in [5, 5.41) is 8.60. The monoisotopic (exact) mass is 230 g/mol. The summed E-state index contributed by atoms with van der Waals surface area (Å²) in [5.74, 6) is -1.17. The van der Waals surface area contributed by atoms with Gasteiger partial charge in [-0.25, -0.2) is 8.78 Å². The Morgan fingerprint density at radius 2 is 2.19 bits per heavy atom. The maximum absolute atomic E-state index is 12.6. The van der Waals surface area contributed by atoms with Crippen LogP contribution in [0.15, 0.2) is 6.07 Å². The Labute approximate surface area is 91.1 Å². The van der Waals surface area contributed by atoms with Gasteiger partial charge in [-0.15, -0.1) is 0 Å². The number of nitrogens with two attached hydrogens (primary N) is 1. The number of aryl methyl sites for hydroxylation is 1. The zero-order valence-corrected chi connectivity index (χ0v) is 8.70. The first-order valence-corrected chi connectivity index (χ1v) is 4.65. The largest absolute Gasteiger partial charge is 0.481 e. The molecule has 0 aliphatic rings. The lowest BCUT2D eigenvalue weighted by Gasteiger charge is -2.10. The Morgan fingerprint density at radius 3 is 2.62 bits per heavy atom.